The highest BCUT2D eigenvalue weighted by Gasteiger charge is 2.48. The molecule has 1 aliphatic carbocycles. The minimum Gasteiger partial charge on any atom is -0.375 e. The fourth-order valence-electron chi connectivity index (χ4n) is 5.58. The van der Waals surface area contributed by atoms with E-state index < -0.39 is 28.9 Å². The van der Waals surface area contributed by atoms with E-state index in [1.807, 2.05) is 0 Å². The summed E-state index contributed by atoms with van der Waals surface area (Å²) in [4.78, 5) is 3.81. The highest BCUT2D eigenvalue weighted by Crippen LogP contribution is 2.50. The van der Waals surface area contributed by atoms with Gasteiger partial charge < -0.3 is 10.1 Å². The van der Waals surface area contributed by atoms with Crippen LogP contribution in [0.5, 0.6) is 0 Å². The standard InChI is InChI=1S/C25H28F6N2O/c26-24(27,28)20-5-3-4-19(14-20)22(10-13-34-23(17-22)7-1-2-8-23)9-12-33-16-18-15-32-11-6-21(18)25(29,30)31/h3-6,11,14-15,33H,1-2,7-10,12-13,16-17H2/t22-/m1/s1. The number of aromatic nitrogens is 1. The van der Waals surface area contributed by atoms with Crippen molar-refractivity contribution in [2.24, 2.45) is 0 Å². The maximum atomic E-state index is 13.4. The molecule has 2 aromatic rings. The summed E-state index contributed by atoms with van der Waals surface area (Å²) in [7, 11) is 0. The van der Waals surface area contributed by atoms with Crippen LogP contribution in [-0.2, 0) is 29.0 Å². The van der Waals surface area contributed by atoms with Crippen LogP contribution < -0.4 is 5.32 Å². The Bertz CT molecular complexity index is 984. The molecule has 1 saturated heterocycles. The van der Waals surface area contributed by atoms with Gasteiger partial charge in [0, 0.05) is 31.0 Å². The third-order valence-corrected chi connectivity index (χ3v) is 7.27. The Labute approximate surface area is 194 Å². The van der Waals surface area contributed by atoms with Gasteiger partial charge in [0.1, 0.15) is 0 Å². The van der Waals surface area contributed by atoms with Crippen LogP contribution in [0, 0.1) is 0 Å². The number of halogens is 6. The van der Waals surface area contributed by atoms with Crippen LogP contribution in [0.15, 0.2) is 42.7 Å². The predicted octanol–water partition coefficient (Wildman–Crippen LogP) is 6.66. The number of benzene rings is 1. The van der Waals surface area contributed by atoms with E-state index >= 15 is 0 Å². The van der Waals surface area contributed by atoms with Crippen molar-refractivity contribution in [3.8, 4) is 0 Å². The molecule has 1 spiro atoms. The van der Waals surface area contributed by atoms with Gasteiger partial charge in [-0.15, -0.1) is 0 Å². The van der Waals surface area contributed by atoms with Crippen molar-refractivity contribution in [2.45, 2.75) is 74.9 Å². The maximum Gasteiger partial charge on any atom is 0.416 e. The summed E-state index contributed by atoms with van der Waals surface area (Å²) in [6.45, 7) is 0.790. The van der Waals surface area contributed by atoms with Gasteiger partial charge in [0.15, 0.2) is 0 Å². The molecule has 0 unspecified atom stereocenters. The molecule has 0 radical (unpaired) electrons. The van der Waals surface area contributed by atoms with E-state index in [1.54, 1.807) is 6.07 Å². The molecular formula is C25H28F6N2O. The van der Waals surface area contributed by atoms with E-state index in [1.165, 1.54) is 18.3 Å². The number of pyridine rings is 1. The Hall–Kier alpha value is -2.13. The summed E-state index contributed by atoms with van der Waals surface area (Å²) in [5.74, 6) is 0. The van der Waals surface area contributed by atoms with Crippen LogP contribution in [0.1, 0.15) is 67.2 Å². The number of hydrogen-bond acceptors (Lipinski definition) is 3. The lowest BCUT2D eigenvalue weighted by molar-refractivity contribution is -0.139. The quantitative estimate of drug-likeness (QED) is 0.366. The number of ether oxygens (including phenoxy) is 1. The molecule has 4 rings (SSSR count). The van der Waals surface area contributed by atoms with Crippen LogP contribution in [0.3, 0.4) is 0 Å². The Kier molecular flexibility index (Phi) is 6.97. The number of rotatable bonds is 6. The fourth-order valence-corrected chi connectivity index (χ4v) is 5.58. The predicted molar refractivity (Wildman–Crippen MR) is 115 cm³/mol. The van der Waals surface area contributed by atoms with Gasteiger partial charge in [0.05, 0.1) is 16.7 Å². The number of nitrogens with zero attached hydrogens (tertiary/aromatic N) is 1. The largest absolute Gasteiger partial charge is 0.416 e. The first kappa shape index (κ1) is 25.0. The van der Waals surface area contributed by atoms with Crippen molar-refractivity contribution in [3.05, 3.63) is 65.0 Å². The normalized spacial score (nSPS) is 22.9. The van der Waals surface area contributed by atoms with Crippen LogP contribution in [-0.4, -0.2) is 23.7 Å². The zero-order valence-corrected chi connectivity index (χ0v) is 18.7. The molecule has 2 aliphatic rings. The summed E-state index contributed by atoms with van der Waals surface area (Å²) in [6.07, 6.45) is -1.12. The van der Waals surface area contributed by atoms with Crippen molar-refractivity contribution in [1.29, 1.82) is 0 Å². The van der Waals surface area contributed by atoms with Crippen LogP contribution in [0.4, 0.5) is 26.3 Å². The van der Waals surface area contributed by atoms with Crippen molar-refractivity contribution in [2.75, 3.05) is 13.2 Å². The minimum atomic E-state index is -4.48. The number of nitrogens with one attached hydrogen (secondary N) is 1. The summed E-state index contributed by atoms with van der Waals surface area (Å²) in [5.41, 5.74) is -1.63. The lowest BCUT2D eigenvalue weighted by Gasteiger charge is -2.47. The molecule has 0 bridgehead atoms. The van der Waals surface area contributed by atoms with E-state index in [4.69, 9.17) is 4.74 Å². The average molecular weight is 487 g/mol. The topological polar surface area (TPSA) is 34.2 Å². The summed E-state index contributed by atoms with van der Waals surface area (Å²) in [6, 6.07) is 6.43. The van der Waals surface area contributed by atoms with Gasteiger partial charge >= 0.3 is 12.4 Å². The van der Waals surface area contributed by atoms with Crippen LogP contribution in [0.2, 0.25) is 0 Å². The summed E-state index contributed by atoms with van der Waals surface area (Å²) >= 11 is 0. The fraction of sp³-hybridized carbons (Fsp3) is 0.560. The highest BCUT2D eigenvalue weighted by molar-refractivity contribution is 5.33. The molecule has 9 heteroatoms. The highest BCUT2D eigenvalue weighted by atomic mass is 19.4. The van der Waals surface area contributed by atoms with Gasteiger partial charge in [0.25, 0.3) is 0 Å². The Morgan fingerprint density at radius 3 is 2.44 bits per heavy atom. The second kappa shape index (κ2) is 9.49. The van der Waals surface area contributed by atoms with E-state index in [2.05, 4.69) is 10.3 Å². The molecule has 2 heterocycles. The second-order valence-electron chi connectivity index (χ2n) is 9.48. The molecule has 1 aliphatic heterocycles. The van der Waals surface area contributed by atoms with E-state index in [0.29, 0.717) is 38.0 Å². The van der Waals surface area contributed by atoms with Gasteiger partial charge in [-0.25, -0.2) is 0 Å². The van der Waals surface area contributed by atoms with Crippen LogP contribution >= 0.6 is 0 Å². The lowest BCUT2D eigenvalue weighted by atomic mass is 9.66. The van der Waals surface area contributed by atoms with E-state index in [0.717, 1.165) is 44.0 Å². The molecule has 1 aromatic heterocycles. The monoisotopic (exact) mass is 486 g/mol. The van der Waals surface area contributed by atoms with Gasteiger partial charge in [-0.2, -0.15) is 26.3 Å². The Morgan fingerprint density at radius 1 is 0.971 bits per heavy atom. The number of alkyl halides is 6. The van der Waals surface area contributed by atoms with Gasteiger partial charge in [-0.3, -0.25) is 4.98 Å². The van der Waals surface area contributed by atoms with Crippen LogP contribution in [0.25, 0.3) is 0 Å². The first-order chi connectivity index (χ1) is 16.0. The Morgan fingerprint density at radius 2 is 1.74 bits per heavy atom. The molecule has 1 N–H and O–H groups in total. The molecule has 0 amide bonds. The summed E-state index contributed by atoms with van der Waals surface area (Å²) < 4.78 is 86.3. The molecule has 1 aromatic carbocycles. The van der Waals surface area contributed by atoms with Gasteiger partial charge in [-0.1, -0.05) is 31.0 Å². The van der Waals surface area contributed by atoms with Crippen molar-refractivity contribution in [3.63, 3.8) is 0 Å². The second-order valence-corrected chi connectivity index (χ2v) is 9.48. The van der Waals surface area contributed by atoms with Crippen molar-refractivity contribution < 1.29 is 31.1 Å². The summed E-state index contributed by atoms with van der Waals surface area (Å²) in [5, 5.41) is 3.08. The molecule has 3 nitrogen and oxygen atoms in total. The molecule has 1 atom stereocenters. The van der Waals surface area contributed by atoms with E-state index in [9.17, 15) is 26.3 Å². The van der Waals surface area contributed by atoms with Crippen molar-refractivity contribution >= 4 is 0 Å². The van der Waals surface area contributed by atoms with Crippen molar-refractivity contribution in [1.82, 2.24) is 10.3 Å². The van der Waals surface area contributed by atoms with Gasteiger partial charge in [0.2, 0.25) is 0 Å². The zero-order chi connectivity index (χ0) is 24.5. The van der Waals surface area contributed by atoms with Gasteiger partial charge in [-0.05, 0) is 61.9 Å². The average Bonchev–Trinajstić information content (AvgIpc) is 3.23. The third-order valence-electron chi connectivity index (χ3n) is 7.27. The number of hydrogen-bond donors (Lipinski definition) is 1. The third kappa shape index (κ3) is 5.40. The maximum absolute atomic E-state index is 13.4. The first-order valence-corrected chi connectivity index (χ1v) is 11.6. The SMILES string of the molecule is FC(F)(F)c1cccc([C@]2(CCNCc3cnccc3C(F)(F)F)CCOC3(CCCC3)C2)c1. The molecular weight excluding hydrogens is 458 g/mol. The molecule has 186 valence electrons. The molecule has 34 heavy (non-hydrogen) atoms. The minimum absolute atomic E-state index is 0.0248. The Balaban J connectivity index is 1.55. The first-order valence-electron chi connectivity index (χ1n) is 11.6. The lowest BCUT2D eigenvalue weighted by Crippen LogP contribution is -2.47. The zero-order valence-electron chi connectivity index (χ0n) is 18.7. The van der Waals surface area contributed by atoms with E-state index in [-0.39, 0.29) is 17.7 Å². The smallest absolute Gasteiger partial charge is 0.375 e. The molecule has 2 fully saturated rings. The molecule has 1 saturated carbocycles.